The second kappa shape index (κ2) is 4.54. The molecule has 0 aromatic carbocycles. The van der Waals surface area contributed by atoms with Crippen molar-refractivity contribution in [3.63, 3.8) is 0 Å². The highest BCUT2D eigenvalue weighted by molar-refractivity contribution is 7.79. The van der Waals surface area contributed by atoms with Crippen molar-refractivity contribution in [3.8, 4) is 0 Å². The molecule has 9 heteroatoms. The Balaban J connectivity index is 0.000000252. The summed E-state index contributed by atoms with van der Waals surface area (Å²) in [6, 6.07) is 1.39. The van der Waals surface area contributed by atoms with Crippen molar-refractivity contribution < 1.29 is 27.4 Å². The molecule has 0 spiro atoms. The Labute approximate surface area is 72.8 Å². The van der Waals surface area contributed by atoms with Crippen LogP contribution in [-0.4, -0.2) is 38.8 Å². The van der Waals surface area contributed by atoms with Gasteiger partial charge < -0.3 is 5.11 Å². The SMILES string of the molecule is O=C(O)c1ccn[nH]1.O=S(=O)(O)O. The van der Waals surface area contributed by atoms with Gasteiger partial charge in [0.2, 0.25) is 0 Å². The Morgan fingerprint density at radius 1 is 1.46 bits per heavy atom. The molecule has 0 amide bonds. The Bertz CT molecular complexity index is 346. The number of hydrogen-bond donors (Lipinski definition) is 4. The number of aromatic nitrogens is 2. The molecule has 74 valence electrons. The third kappa shape index (κ3) is 8.46. The minimum atomic E-state index is -4.67. The Kier molecular flexibility index (Phi) is 4.04. The first-order valence-electron chi connectivity index (χ1n) is 2.73. The Morgan fingerprint density at radius 3 is 2.08 bits per heavy atom. The lowest BCUT2D eigenvalue weighted by Crippen LogP contribution is -1.95. The molecule has 0 atom stereocenters. The maximum atomic E-state index is 9.99. The summed E-state index contributed by atoms with van der Waals surface area (Å²) in [5.41, 5.74) is 0.116. The van der Waals surface area contributed by atoms with Crippen LogP contribution in [-0.2, 0) is 10.4 Å². The van der Waals surface area contributed by atoms with E-state index >= 15 is 0 Å². The number of nitrogens with one attached hydrogen (secondary N) is 1. The summed E-state index contributed by atoms with van der Waals surface area (Å²) in [4.78, 5) is 9.99. The predicted molar refractivity (Wildman–Crippen MR) is 39.7 cm³/mol. The predicted octanol–water partition coefficient (Wildman–Crippen LogP) is -0.545. The van der Waals surface area contributed by atoms with E-state index in [-0.39, 0.29) is 5.69 Å². The Morgan fingerprint density at radius 2 is 1.92 bits per heavy atom. The van der Waals surface area contributed by atoms with Crippen molar-refractivity contribution >= 4 is 16.4 Å². The van der Waals surface area contributed by atoms with E-state index in [1.54, 1.807) is 0 Å². The summed E-state index contributed by atoms with van der Waals surface area (Å²) in [5, 5.41) is 13.9. The number of carboxylic acids is 1. The van der Waals surface area contributed by atoms with Crippen LogP contribution in [0.3, 0.4) is 0 Å². The highest BCUT2D eigenvalue weighted by Crippen LogP contribution is 1.87. The summed E-state index contributed by atoms with van der Waals surface area (Å²) in [6.45, 7) is 0. The smallest absolute Gasteiger partial charge is 0.394 e. The fraction of sp³-hybridized carbons (Fsp3) is 0. The molecule has 13 heavy (non-hydrogen) atoms. The topological polar surface area (TPSA) is 141 Å². The number of aromatic amines is 1. The third-order valence-electron chi connectivity index (χ3n) is 0.731. The molecule has 1 aromatic rings. The van der Waals surface area contributed by atoms with E-state index in [1.165, 1.54) is 12.3 Å². The van der Waals surface area contributed by atoms with Crippen LogP contribution < -0.4 is 0 Å². The number of carbonyl (C=O) groups is 1. The number of H-pyrrole nitrogens is 1. The van der Waals surface area contributed by atoms with Crippen molar-refractivity contribution in [3.05, 3.63) is 18.0 Å². The largest absolute Gasteiger partial charge is 0.477 e. The highest BCUT2D eigenvalue weighted by Gasteiger charge is 1.99. The normalized spacial score (nSPS) is 10.0. The van der Waals surface area contributed by atoms with Crippen LogP contribution in [0.5, 0.6) is 0 Å². The molecule has 1 aromatic heterocycles. The summed E-state index contributed by atoms with van der Waals surface area (Å²) in [5.74, 6) is -0.984. The number of hydrogen-bond acceptors (Lipinski definition) is 4. The molecule has 0 saturated carbocycles. The van der Waals surface area contributed by atoms with Gasteiger partial charge in [-0.25, -0.2) is 4.79 Å². The zero-order valence-corrected chi connectivity index (χ0v) is 6.89. The maximum Gasteiger partial charge on any atom is 0.394 e. The fourth-order valence-electron chi connectivity index (χ4n) is 0.375. The van der Waals surface area contributed by atoms with E-state index in [2.05, 4.69) is 10.2 Å². The second-order valence-corrected chi connectivity index (χ2v) is 2.62. The fourth-order valence-corrected chi connectivity index (χ4v) is 0.375. The molecule has 0 saturated heterocycles. The monoisotopic (exact) mass is 210 g/mol. The van der Waals surface area contributed by atoms with Crippen LogP contribution in [0.1, 0.15) is 10.5 Å². The van der Waals surface area contributed by atoms with E-state index in [9.17, 15) is 4.79 Å². The number of aromatic carboxylic acids is 1. The van der Waals surface area contributed by atoms with Crippen LogP contribution in [0.15, 0.2) is 12.3 Å². The van der Waals surface area contributed by atoms with E-state index in [0.717, 1.165) is 0 Å². The van der Waals surface area contributed by atoms with Crippen molar-refractivity contribution in [1.82, 2.24) is 10.2 Å². The first-order valence-corrected chi connectivity index (χ1v) is 4.13. The third-order valence-corrected chi connectivity index (χ3v) is 0.731. The van der Waals surface area contributed by atoms with E-state index in [1.807, 2.05) is 0 Å². The first kappa shape index (κ1) is 11.6. The van der Waals surface area contributed by atoms with Gasteiger partial charge in [-0.1, -0.05) is 0 Å². The minimum absolute atomic E-state index is 0.116. The lowest BCUT2D eigenvalue weighted by molar-refractivity contribution is 0.0690. The van der Waals surface area contributed by atoms with Gasteiger partial charge in [0, 0.05) is 6.20 Å². The minimum Gasteiger partial charge on any atom is -0.477 e. The van der Waals surface area contributed by atoms with Gasteiger partial charge in [-0.2, -0.15) is 13.5 Å². The zero-order chi connectivity index (χ0) is 10.5. The van der Waals surface area contributed by atoms with E-state index in [4.69, 9.17) is 22.6 Å². The maximum absolute atomic E-state index is 9.99. The molecule has 8 nitrogen and oxygen atoms in total. The van der Waals surface area contributed by atoms with Crippen molar-refractivity contribution in [2.24, 2.45) is 0 Å². The van der Waals surface area contributed by atoms with Gasteiger partial charge in [0.15, 0.2) is 0 Å². The molecule has 0 unspecified atom stereocenters. The van der Waals surface area contributed by atoms with E-state index < -0.39 is 16.4 Å². The first-order chi connectivity index (χ1) is 5.80. The van der Waals surface area contributed by atoms with Crippen LogP contribution >= 0.6 is 0 Å². The summed E-state index contributed by atoms with van der Waals surface area (Å²) in [6.07, 6.45) is 1.39. The van der Waals surface area contributed by atoms with Gasteiger partial charge in [-0.05, 0) is 6.07 Å². The van der Waals surface area contributed by atoms with Gasteiger partial charge >= 0.3 is 16.4 Å². The lowest BCUT2D eigenvalue weighted by atomic mass is 10.5. The highest BCUT2D eigenvalue weighted by atomic mass is 32.3. The molecule has 0 aliphatic heterocycles. The number of nitrogens with zero attached hydrogens (tertiary/aromatic N) is 1. The molecule has 0 fully saturated rings. The average molecular weight is 210 g/mol. The molecule has 0 radical (unpaired) electrons. The number of rotatable bonds is 1. The second-order valence-electron chi connectivity index (χ2n) is 1.72. The molecule has 0 aliphatic carbocycles. The van der Waals surface area contributed by atoms with Crippen LogP contribution in [0.4, 0.5) is 0 Å². The van der Waals surface area contributed by atoms with Gasteiger partial charge in [0.05, 0.1) is 0 Å². The van der Waals surface area contributed by atoms with Gasteiger partial charge in [0.1, 0.15) is 5.69 Å². The average Bonchev–Trinajstić information content (AvgIpc) is 2.31. The van der Waals surface area contributed by atoms with Crippen molar-refractivity contribution in [1.29, 1.82) is 0 Å². The molecule has 1 rings (SSSR count). The van der Waals surface area contributed by atoms with Gasteiger partial charge in [0.25, 0.3) is 0 Å². The molecular weight excluding hydrogens is 204 g/mol. The molecular formula is C4H6N2O6S. The molecule has 0 aliphatic rings. The van der Waals surface area contributed by atoms with Gasteiger partial charge in [-0.15, -0.1) is 0 Å². The number of carboxylic acid groups (broad SMARTS) is 1. The van der Waals surface area contributed by atoms with Crippen LogP contribution in [0.25, 0.3) is 0 Å². The quantitative estimate of drug-likeness (QED) is 0.456. The van der Waals surface area contributed by atoms with Crippen LogP contribution in [0, 0.1) is 0 Å². The summed E-state index contributed by atoms with van der Waals surface area (Å²) in [7, 11) is -4.67. The summed E-state index contributed by atoms with van der Waals surface area (Å²) < 4.78 is 31.6. The van der Waals surface area contributed by atoms with Crippen LogP contribution in [0.2, 0.25) is 0 Å². The van der Waals surface area contributed by atoms with E-state index in [0.29, 0.717) is 0 Å². The Hall–Kier alpha value is -1.45. The summed E-state index contributed by atoms with van der Waals surface area (Å²) >= 11 is 0. The standard InChI is InChI=1S/C4H4N2O2.H2O4S/c7-4(8)3-1-2-5-6-3;1-5(2,3)4/h1-2H,(H,5,6)(H,7,8);(H2,1,2,3,4). The zero-order valence-electron chi connectivity index (χ0n) is 6.08. The van der Waals surface area contributed by atoms with Crippen molar-refractivity contribution in [2.75, 3.05) is 0 Å². The molecule has 4 N–H and O–H groups in total. The molecule has 0 bridgehead atoms. The lowest BCUT2D eigenvalue weighted by Gasteiger charge is -1.79. The van der Waals surface area contributed by atoms with Gasteiger partial charge in [-0.3, -0.25) is 14.2 Å². The van der Waals surface area contributed by atoms with Crippen molar-refractivity contribution in [2.45, 2.75) is 0 Å². The molecule has 1 heterocycles.